The molecule has 0 unspecified atom stereocenters. The highest BCUT2D eigenvalue weighted by Gasteiger charge is 2.49. The Balaban J connectivity index is 1.68. The highest BCUT2D eigenvalue weighted by atomic mass is 19.2. The van der Waals surface area contributed by atoms with Gasteiger partial charge in [0.25, 0.3) is 5.91 Å². The fraction of sp³-hybridized carbons (Fsp3) is 0.438. The zero-order chi connectivity index (χ0) is 18.2. The molecule has 2 fully saturated rings. The lowest BCUT2D eigenvalue weighted by Gasteiger charge is -2.22. The molecule has 1 aromatic carbocycles. The standard InChI is InChI=1S/C16H17F2N3O4/c1-16(10-3-4-11(17)12(18)9-10)13(22)21(14(23)19-16)6-2-5-20-7-8-25-15(20)24/h3-4,9H,2,5-8H2,1H3,(H,19,23)/t16-/m0/s1. The Hall–Kier alpha value is -2.71. The second-order valence-electron chi connectivity index (χ2n) is 6.10. The highest BCUT2D eigenvalue weighted by Crippen LogP contribution is 2.29. The van der Waals surface area contributed by atoms with Gasteiger partial charge in [0.05, 0.1) is 6.54 Å². The molecular weight excluding hydrogens is 336 g/mol. The van der Waals surface area contributed by atoms with Crippen molar-refractivity contribution in [2.45, 2.75) is 18.9 Å². The molecule has 2 aliphatic heterocycles. The summed E-state index contributed by atoms with van der Waals surface area (Å²) in [5, 5.41) is 2.52. The third kappa shape index (κ3) is 3.01. The van der Waals surface area contributed by atoms with Crippen molar-refractivity contribution in [3.05, 3.63) is 35.4 Å². The molecule has 3 rings (SSSR count). The van der Waals surface area contributed by atoms with Gasteiger partial charge in [-0.1, -0.05) is 6.07 Å². The molecule has 0 aliphatic carbocycles. The fourth-order valence-electron chi connectivity index (χ4n) is 2.95. The SMILES string of the molecule is C[C@@]1(c2ccc(F)c(F)c2)NC(=O)N(CCCN2CCOC2=O)C1=O. The van der Waals surface area contributed by atoms with Gasteiger partial charge < -0.3 is 15.0 Å². The van der Waals surface area contributed by atoms with Crippen LogP contribution in [-0.4, -0.2) is 54.1 Å². The van der Waals surface area contributed by atoms with Gasteiger partial charge in [0.2, 0.25) is 0 Å². The van der Waals surface area contributed by atoms with Crippen LogP contribution in [0.4, 0.5) is 18.4 Å². The van der Waals surface area contributed by atoms with E-state index in [1.165, 1.54) is 17.9 Å². The Bertz CT molecular complexity index is 742. The zero-order valence-corrected chi connectivity index (χ0v) is 13.6. The molecule has 2 heterocycles. The van der Waals surface area contributed by atoms with Crippen LogP contribution in [0.3, 0.4) is 0 Å². The van der Waals surface area contributed by atoms with Gasteiger partial charge in [-0.25, -0.2) is 18.4 Å². The van der Waals surface area contributed by atoms with Gasteiger partial charge >= 0.3 is 12.1 Å². The zero-order valence-electron chi connectivity index (χ0n) is 13.6. The van der Waals surface area contributed by atoms with Crippen molar-refractivity contribution in [2.24, 2.45) is 0 Å². The minimum absolute atomic E-state index is 0.105. The average Bonchev–Trinajstić information content (AvgIpc) is 3.06. The lowest BCUT2D eigenvalue weighted by Crippen LogP contribution is -2.41. The van der Waals surface area contributed by atoms with Crippen LogP contribution in [-0.2, 0) is 15.1 Å². The molecule has 0 saturated carbocycles. The van der Waals surface area contributed by atoms with E-state index in [-0.39, 0.29) is 12.1 Å². The smallest absolute Gasteiger partial charge is 0.409 e. The van der Waals surface area contributed by atoms with Crippen LogP contribution in [0.2, 0.25) is 0 Å². The number of nitrogens with one attached hydrogen (secondary N) is 1. The Kier molecular flexibility index (Phi) is 4.32. The number of urea groups is 1. The van der Waals surface area contributed by atoms with Crippen LogP contribution in [0, 0.1) is 11.6 Å². The van der Waals surface area contributed by atoms with Gasteiger partial charge in [-0.2, -0.15) is 0 Å². The molecule has 0 bridgehead atoms. The summed E-state index contributed by atoms with van der Waals surface area (Å²) in [4.78, 5) is 38.6. The largest absolute Gasteiger partial charge is 0.448 e. The van der Waals surface area contributed by atoms with Gasteiger partial charge in [0.15, 0.2) is 11.6 Å². The number of benzene rings is 1. The van der Waals surface area contributed by atoms with E-state index >= 15 is 0 Å². The van der Waals surface area contributed by atoms with E-state index in [9.17, 15) is 23.2 Å². The van der Waals surface area contributed by atoms with Crippen molar-refractivity contribution in [2.75, 3.05) is 26.2 Å². The van der Waals surface area contributed by atoms with Gasteiger partial charge in [-0.05, 0) is 31.0 Å². The van der Waals surface area contributed by atoms with Crippen LogP contribution in [0.5, 0.6) is 0 Å². The monoisotopic (exact) mass is 353 g/mol. The first kappa shape index (κ1) is 17.1. The molecule has 134 valence electrons. The van der Waals surface area contributed by atoms with Crippen LogP contribution in [0.15, 0.2) is 18.2 Å². The van der Waals surface area contributed by atoms with Gasteiger partial charge in [-0.15, -0.1) is 0 Å². The third-order valence-electron chi connectivity index (χ3n) is 4.43. The summed E-state index contributed by atoms with van der Waals surface area (Å²) in [6, 6.07) is 2.47. The number of carbonyl (C=O) groups is 3. The van der Waals surface area contributed by atoms with Crippen molar-refractivity contribution >= 4 is 18.0 Å². The van der Waals surface area contributed by atoms with E-state index < -0.39 is 35.2 Å². The predicted octanol–water partition coefficient (Wildman–Crippen LogP) is 1.57. The topological polar surface area (TPSA) is 79.0 Å². The number of cyclic esters (lactones) is 1. The van der Waals surface area contributed by atoms with Crippen LogP contribution in [0.1, 0.15) is 18.9 Å². The van der Waals surface area contributed by atoms with E-state index in [1.54, 1.807) is 0 Å². The maximum atomic E-state index is 13.5. The third-order valence-corrected chi connectivity index (χ3v) is 4.43. The Morgan fingerprint density at radius 2 is 1.96 bits per heavy atom. The molecule has 9 heteroatoms. The van der Waals surface area contributed by atoms with Crippen LogP contribution in [0.25, 0.3) is 0 Å². The van der Waals surface area contributed by atoms with Gasteiger partial charge in [-0.3, -0.25) is 9.69 Å². The number of halogens is 2. The van der Waals surface area contributed by atoms with E-state index in [0.29, 0.717) is 26.1 Å². The molecule has 1 aromatic rings. The minimum atomic E-state index is -1.46. The lowest BCUT2D eigenvalue weighted by molar-refractivity contribution is -0.131. The Labute approximate surface area is 142 Å². The normalized spacial score (nSPS) is 23.2. The van der Waals surface area contributed by atoms with E-state index in [2.05, 4.69) is 5.32 Å². The number of nitrogens with zero attached hydrogens (tertiary/aromatic N) is 2. The molecule has 4 amide bonds. The molecule has 25 heavy (non-hydrogen) atoms. The number of ether oxygens (including phenoxy) is 1. The molecule has 0 radical (unpaired) electrons. The quantitative estimate of drug-likeness (QED) is 0.815. The molecule has 0 spiro atoms. The van der Waals surface area contributed by atoms with E-state index in [4.69, 9.17) is 4.74 Å². The fourth-order valence-corrected chi connectivity index (χ4v) is 2.95. The summed E-state index contributed by atoms with van der Waals surface area (Å²) in [7, 11) is 0. The maximum Gasteiger partial charge on any atom is 0.409 e. The first-order chi connectivity index (χ1) is 11.8. The number of hydrogen-bond acceptors (Lipinski definition) is 4. The van der Waals surface area contributed by atoms with Crippen LogP contribution < -0.4 is 5.32 Å². The molecule has 2 saturated heterocycles. The van der Waals surface area contributed by atoms with Crippen molar-refractivity contribution in [1.82, 2.24) is 15.1 Å². The molecule has 7 nitrogen and oxygen atoms in total. The maximum absolute atomic E-state index is 13.5. The number of hydrogen-bond donors (Lipinski definition) is 1. The summed E-state index contributed by atoms with van der Waals surface area (Å²) in [6.45, 7) is 2.71. The Morgan fingerprint density at radius 1 is 1.20 bits per heavy atom. The summed E-state index contributed by atoms with van der Waals surface area (Å²) in [6.07, 6.45) is -0.0221. The van der Waals surface area contributed by atoms with Gasteiger partial charge in [0, 0.05) is 13.1 Å². The highest BCUT2D eigenvalue weighted by molar-refractivity contribution is 6.07. The summed E-state index contributed by atoms with van der Waals surface area (Å²) in [5.41, 5.74) is -1.30. The molecule has 2 aliphatic rings. The van der Waals surface area contributed by atoms with Gasteiger partial charge in [0.1, 0.15) is 12.1 Å². The molecule has 0 aromatic heterocycles. The first-order valence-electron chi connectivity index (χ1n) is 7.84. The van der Waals surface area contributed by atoms with E-state index in [1.807, 2.05) is 0 Å². The van der Waals surface area contributed by atoms with Crippen molar-refractivity contribution in [3.8, 4) is 0 Å². The first-order valence-corrected chi connectivity index (χ1v) is 7.84. The van der Waals surface area contributed by atoms with Crippen molar-refractivity contribution < 1.29 is 27.9 Å². The second kappa shape index (κ2) is 6.30. The summed E-state index contributed by atoms with van der Waals surface area (Å²) < 4.78 is 31.4. The van der Waals surface area contributed by atoms with Crippen LogP contribution >= 0.6 is 0 Å². The van der Waals surface area contributed by atoms with Crippen molar-refractivity contribution in [1.29, 1.82) is 0 Å². The summed E-state index contributed by atoms with van der Waals surface area (Å²) >= 11 is 0. The second-order valence-corrected chi connectivity index (χ2v) is 6.10. The van der Waals surface area contributed by atoms with Crippen molar-refractivity contribution in [3.63, 3.8) is 0 Å². The molecule has 1 N–H and O–H groups in total. The number of imide groups is 1. The number of carbonyl (C=O) groups excluding carboxylic acids is 3. The number of amides is 4. The molecular formula is C16H17F2N3O4. The molecule has 1 atom stereocenters. The van der Waals surface area contributed by atoms with E-state index in [0.717, 1.165) is 17.0 Å². The Morgan fingerprint density at radius 3 is 2.60 bits per heavy atom. The summed E-state index contributed by atoms with van der Waals surface area (Å²) in [5.74, 6) is -2.67. The average molecular weight is 353 g/mol. The lowest BCUT2D eigenvalue weighted by atomic mass is 9.92. The number of rotatable bonds is 5. The predicted molar refractivity (Wildman–Crippen MR) is 81.5 cm³/mol. The minimum Gasteiger partial charge on any atom is -0.448 e.